The third kappa shape index (κ3) is 2.21. The zero-order valence-electron chi connectivity index (χ0n) is 12.2. The van der Waals surface area contributed by atoms with Crippen molar-refractivity contribution in [3.63, 3.8) is 0 Å². The Morgan fingerprint density at radius 2 is 1.86 bits per heavy atom. The monoisotopic (exact) mass is 289 g/mol. The molecule has 0 spiro atoms. The molecule has 1 heterocycles. The van der Waals surface area contributed by atoms with Crippen LogP contribution in [0, 0.1) is 17.8 Å². The van der Waals surface area contributed by atoms with Crippen molar-refractivity contribution in [2.75, 3.05) is 19.8 Å². The Bertz CT molecular complexity index is 523. The van der Waals surface area contributed by atoms with Crippen molar-refractivity contribution >= 4 is 0 Å². The fraction of sp³-hybridized carbons (Fsp3) is 0.647. The summed E-state index contributed by atoms with van der Waals surface area (Å²) in [6.07, 6.45) is 3.57. The number of nitrogens with two attached hydrogens (primary N) is 1. The third-order valence-corrected chi connectivity index (χ3v) is 5.53. The van der Waals surface area contributed by atoms with Crippen LogP contribution in [0.5, 0.6) is 11.5 Å². The second-order valence-corrected chi connectivity index (χ2v) is 6.57. The molecule has 4 atom stereocenters. The number of hydrogen-bond donors (Lipinski definition) is 2. The number of aliphatic hydroxyl groups is 1. The first-order chi connectivity index (χ1) is 10.3. The number of aliphatic hydroxyl groups excluding tert-OH is 1. The van der Waals surface area contributed by atoms with Gasteiger partial charge in [-0.2, -0.15) is 0 Å². The fourth-order valence-corrected chi connectivity index (χ4v) is 4.41. The minimum Gasteiger partial charge on any atom is -0.486 e. The summed E-state index contributed by atoms with van der Waals surface area (Å²) >= 11 is 0. The van der Waals surface area contributed by atoms with Crippen LogP contribution in [-0.2, 0) is 0 Å². The molecular weight excluding hydrogens is 266 g/mol. The highest BCUT2D eigenvalue weighted by molar-refractivity contribution is 5.45. The topological polar surface area (TPSA) is 64.7 Å². The molecule has 0 amide bonds. The van der Waals surface area contributed by atoms with Crippen LogP contribution in [0.2, 0.25) is 0 Å². The molecule has 21 heavy (non-hydrogen) atoms. The van der Waals surface area contributed by atoms with E-state index in [0.717, 1.165) is 28.9 Å². The molecule has 4 unspecified atom stereocenters. The van der Waals surface area contributed by atoms with Crippen molar-refractivity contribution in [1.82, 2.24) is 0 Å². The summed E-state index contributed by atoms with van der Waals surface area (Å²) in [6, 6.07) is 5.95. The average Bonchev–Trinajstić information content (AvgIpc) is 3.00. The van der Waals surface area contributed by atoms with Crippen LogP contribution < -0.4 is 15.2 Å². The van der Waals surface area contributed by atoms with E-state index in [4.69, 9.17) is 15.2 Å². The number of hydrogen-bond acceptors (Lipinski definition) is 4. The van der Waals surface area contributed by atoms with E-state index in [-0.39, 0.29) is 12.0 Å². The summed E-state index contributed by atoms with van der Waals surface area (Å²) in [6.45, 7) is 1.65. The molecule has 1 aromatic rings. The van der Waals surface area contributed by atoms with Gasteiger partial charge in [0.25, 0.3) is 0 Å². The lowest BCUT2D eigenvalue weighted by molar-refractivity contribution is 0.108. The summed E-state index contributed by atoms with van der Waals surface area (Å²) in [7, 11) is 0. The Balaban J connectivity index is 1.55. The fourth-order valence-electron chi connectivity index (χ4n) is 4.41. The van der Waals surface area contributed by atoms with Gasteiger partial charge in [-0.15, -0.1) is 0 Å². The van der Waals surface area contributed by atoms with Gasteiger partial charge >= 0.3 is 0 Å². The summed E-state index contributed by atoms with van der Waals surface area (Å²) in [5.74, 6) is 3.51. The van der Waals surface area contributed by atoms with E-state index in [1.165, 1.54) is 19.3 Å². The Hall–Kier alpha value is -1.26. The van der Waals surface area contributed by atoms with Crippen LogP contribution in [0.3, 0.4) is 0 Å². The largest absolute Gasteiger partial charge is 0.486 e. The molecule has 2 fully saturated rings. The van der Waals surface area contributed by atoms with Gasteiger partial charge in [0.05, 0.1) is 6.10 Å². The van der Waals surface area contributed by atoms with Gasteiger partial charge in [0.2, 0.25) is 0 Å². The summed E-state index contributed by atoms with van der Waals surface area (Å²) in [5, 5.41) is 10.8. The first kappa shape index (κ1) is 13.4. The molecule has 3 N–H and O–H groups in total. The number of rotatable bonds is 4. The molecular formula is C17H23NO3. The highest BCUT2D eigenvalue weighted by Crippen LogP contribution is 2.60. The maximum absolute atomic E-state index is 10.8. The Labute approximate surface area is 125 Å². The molecule has 0 aromatic heterocycles. The molecule has 4 rings (SSSR count). The van der Waals surface area contributed by atoms with Crippen molar-refractivity contribution in [2.45, 2.75) is 31.3 Å². The van der Waals surface area contributed by atoms with Crippen LogP contribution in [0.25, 0.3) is 0 Å². The predicted molar refractivity (Wildman–Crippen MR) is 79.6 cm³/mol. The molecule has 4 heteroatoms. The van der Waals surface area contributed by atoms with Gasteiger partial charge in [-0.3, -0.25) is 0 Å². The zero-order valence-corrected chi connectivity index (χ0v) is 12.2. The Morgan fingerprint density at radius 3 is 2.57 bits per heavy atom. The normalized spacial score (nSPS) is 32.4. The molecule has 2 aliphatic carbocycles. The van der Waals surface area contributed by atoms with Gasteiger partial charge in [-0.25, -0.2) is 0 Å². The smallest absolute Gasteiger partial charge is 0.161 e. The Kier molecular flexibility index (Phi) is 3.31. The summed E-state index contributed by atoms with van der Waals surface area (Å²) < 4.78 is 11.2. The quantitative estimate of drug-likeness (QED) is 0.888. The van der Waals surface area contributed by atoms with Crippen molar-refractivity contribution in [1.29, 1.82) is 0 Å². The molecule has 4 nitrogen and oxygen atoms in total. The molecule has 1 aromatic carbocycles. The molecule has 2 saturated carbocycles. The van der Waals surface area contributed by atoms with Gasteiger partial charge in [-0.1, -0.05) is 12.5 Å². The average molecular weight is 289 g/mol. The summed E-state index contributed by atoms with van der Waals surface area (Å²) in [4.78, 5) is 0. The van der Waals surface area contributed by atoms with Crippen LogP contribution in [0.1, 0.15) is 30.7 Å². The SMILES string of the molecule is NCC(c1ccc2c(c1)OCCO2)C(O)C1C2CCCC21. The molecule has 3 aliphatic rings. The highest BCUT2D eigenvalue weighted by Gasteiger charge is 2.56. The zero-order chi connectivity index (χ0) is 14.4. The maximum Gasteiger partial charge on any atom is 0.161 e. The first-order valence-electron chi connectivity index (χ1n) is 8.07. The van der Waals surface area contributed by atoms with Crippen LogP contribution in [0.4, 0.5) is 0 Å². The van der Waals surface area contributed by atoms with Gasteiger partial charge in [-0.05, 0) is 48.3 Å². The van der Waals surface area contributed by atoms with Gasteiger partial charge in [0, 0.05) is 12.5 Å². The van der Waals surface area contributed by atoms with Crippen LogP contribution in [-0.4, -0.2) is 31.0 Å². The molecule has 0 saturated heterocycles. The van der Waals surface area contributed by atoms with Crippen molar-refractivity contribution in [2.24, 2.45) is 23.5 Å². The van der Waals surface area contributed by atoms with E-state index in [0.29, 0.717) is 25.7 Å². The number of fused-ring (bicyclic) bond motifs is 2. The molecule has 114 valence electrons. The maximum atomic E-state index is 10.8. The minimum atomic E-state index is -0.326. The summed E-state index contributed by atoms with van der Waals surface area (Å²) in [5.41, 5.74) is 7.03. The van der Waals surface area contributed by atoms with E-state index < -0.39 is 0 Å². The van der Waals surface area contributed by atoms with Crippen LogP contribution >= 0.6 is 0 Å². The van der Waals surface area contributed by atoms with Gasteiger partial charge in [0.15, 0.2) is 11.5 Å². The minimum absolute atomic E-state index is 0.00331. The van der Waals surface area contributed by atoms with Crippen LogP contribution in [0.15, 0.2) is 18.2 Å². The van der Waals surface area contributed by atoms with E-state index in [9.17, 15) is 5.11 Å². The first-order valence-corrected chi connectivity index (χ1v) is 8.07. The lowest BCUT2D eigenvalue weighted by Crippen LogP contribution is -2.29. The van der Waals surface area contributed by atoms with E-state index in [1.807, 2.05) is 18.2 Å². The van der Waals surface area contributed by atoms with E-state index >= 15 is 0 Å². The van der Waals surface area contributed by atoms with Crippen molar-refractivity contribution in [3.05, 3.63) is 23.8 Å². The third-order valence-electron chi connectivity index (χ3n) is 5.53. The van der Waals surface area contributed by atoms with Gasteiger partial charge in [0.1, 0.15) is 13.2 Å². The highest BCUT2D eigenvalue weighted by atomic mass is 16.6. The molecule has 1 aliphatic heterocycles. The second-order valence-electron chi connectivity index (χ2n) is 6.57. The lowest BCUT2D eigenvalue weighted by atomic mass is 9.88. The van der Waals surface area contributed by atoms with E-state index in [1.54, 1.807) is 0 Å². The molecule has 0 bridgehead atoms. The second kappa shape index (κ2) is 5.18. The number of benzene rings is 1. The van der Waals surface area contributed by atoms with Crippen molar-refractivity contribution < 1.29 is 14.6 Å². The van der Waals surface area contributed by atoms with E-state index in [2.05, 4.69) is 0 Å². The van der Waals surface area contributed by atoms with Crippen molar-refractivity contribution in [3.8, 4) is 11.5 Å². The number of ether oxygens (including phenoxy) is 2. The molecule has 0 radical (unpaired) electrons. The predicted octanol–water partition coefficient (Wildman–Crippen LogP) is 1.91. The standard InChI is InChI=1S/C17H23NO3/c18-9-13(17(19)16-11-2-1-3-12(11)16)10-4-5-14-15(8-10)21-7-6-20-14/h4-5,8,11-13,16-17,19H,1-3,6-7,9,18H2. The Morgan fingerprint density at radius 1 is 1.14 bits per heavy atom. The van der Waals surface area contributed by atoms with Gasteiger partial charge < -0.3 is 20.3 Å². The lowest BCUT2D eigenvalue weighted by Gasteiger charge is -2.25.